The molecule has 19 heavy (non-hydrogen) atoms. The molecule has 1 aromatic carbocycles. The van der Waals surface area contributed by atoms with Gasteiger partial charge in [-0.1, -0.05) is 6.92 Å². The molecule has 1 atom stereocenters. The molecule has 0 bridgehead atoms. The fourth-order valence-corrected chi connectivity index (χ4v) is 1.40. The van der Waals surface area contributed by atoms with Crippen molar-refractivity contribution in [2.45, 2.75) is 13.8 Å². The number of halogens is 1. The summed E-state index contributed by atoms with van der Waals surface area (Å²) in [5, 5.41) is 5.29. The average molecular weight is 285 g/mol. The minimum Gasteiger partial charge on any atom is -0.450 e. The van der Waals surface area contributed by atoms with Crippen LogP contribution in [0.1, 0.15) is 13.8 Å². The van der Waals surface area contributed by atoms with Gasteiger partial charge in [0.25, 0.3) is 0 Å². The van der Waals surface area contributed by atoms with E-state index in [-0.39, 0.29) is 17.7 Å². The number of alkyl halides is 1. The zero-order chi connectivity index (χ0) is 14.3. The molecule has 0 aromatic heterocycles. The zero-order valence-corrected chi connectivity index (χ0v) is 11.7. The van der Waals surface area contributed by atoms with Gasteiger partial charge in [0.2, 0.25) is 5.91 Å². The van der Waals surface area contributed by atoms with E-state index in [1.807, 2.05) is 0 Å². The van der Waals surface area contributed by atoms with Crippen LogP contribution >= 0.6 is 11.6 Å². The third kappa shape index (κ3) is 5.18. The summed E-state index contributed by atoms with van der Waals surface area (Å²) in [6, 6.07) is 6.75. The highest BCUT2D eigenvalue weighted by Gasteiger charge is 2.11. The maximum Gasteiger partial charge on any atom is 0.411 e. The summed E-state index contributed by atoms with van der Waals surface area (Å²) in [6.07, 6.45) is -0.505. The van der Waals surface area contributed by atoms with Crippen molar-refractivity contribution in [2.24, 2.45) is 5.92 Å². The van der Waals surface area contributed by atoms with Gasteiger partial charge in [-0.2, -0.15) is 0 Å². The number of hydrogen-bond acceptors (Lipinski definition) is 3. The first-order chi connectivity index (χ1) is 9.06. The van der Waals surface area contributed by atoms with E-state index in [2.05, 4.69) is 10.6 Å². The maximum absolute atomic E-state index is 11.6. The van der Waals surface area contributed by atoms with E-state index in [1.54, 1.807) is 38.1 Å². The Morgan fingerprint density at radius 1 is 1.21 bits per heavy atom. The molecule has 0 aliphatic heterocycles. The number of anilines is 2. The molecule has 1 rings (SSSR count). The van der Waals surface area contributed by atoms with Gasteiger partial charge in [0.15, 0.2) is 0 Å². The quantitative estimate of drug-likeness (QED) is 0.817. The van der Waals surface area contributed by atoms with Crippen molar-refractivity contribution < 1.29 is 14.3 Å². The van der Waals surface area contributed by atoms with E-state index in [0.717, 1.165) is 0 Å². The van der Waals surface area contributed by atoms with Crippen molar-refractivity contribution in [1.29, 1.82) is 0 Å². The fourth-order valence-electron chi connectivity index (χ4n) is 1.26. The highest BCUT2D eigenvalue weighted by molar-refractivity contribution is 6.19. The lowest BCUT2D eigenvalue weighted by atomic mass is 10.2. The maximum atomic E-state index is 11.6. The number of rotatable bonds is 5. The molecule has 1 aromatic rings. The molecule has 6 heteroatoms. The van der Waals surface area contributed by atoms with E-state index < -0.39 is 6.09 Å². The van der Waals surface area contributed by atoms with Crippen LogP contribution in [0, 0.1) is 5.92 Å². The Hall–Kier alpha value is -1.75. The molecule has 0 saturated carbocycles. The second-order valence-electron chi connectivity index (χ2n) is 3.97. The Bertz CT molecular complexity index is 434. The van der Waals surface area contributed by atoms with Gasteiger partial charge < -0.3 is 10.1 Å². The van der Waals surface area contributed by atoms with Crippen LogP contribution in [0.5, 0.6) is 0 Å². The normalized spacial score (nSPS) is 11.5. The molecular formula is C13H17ClN2O3. The molecule has 2 amide bonds. The standard InChI is InChI=1S/C13H17ClN2O3/c1-3-19-13(18)16-11-6-4-10(5-7-11)15-12(17)9(2)8-14/h4-7,9H,3,8H2,1-2H3,(H,15,17)(H,16,18). The van der Waals surface area contributed by atoms with Gasteiger partial charge in [0.05, 0.1) is 6.61 Å². The fraction of sp³-hybridized carbons (Fsp3) is 0.385. The zero-order valence-electron chi connectivity index (χ0n) is 10.9. The first-order valence-corrected chi connectivity index (χ1v) is 6.51. The van der Waals surface area contributed by atoms with Crippen molar-refractivity contribution in [3.05, 3.63) is 24.3 Å². The number of benzene rings is 1. The van der Waals surface area contributed by atoms with Crippen LogP contribution in [-0.4, -0.2) is 24.5 Å². The Morgan fingerprint density at radius 3 is 2.21 bits per heavy atom. The minimum atomic E-state index is -0.505. The lowest BCUT2D eigenvalue weighted by Gasteiger charge is -2.10. The van der Waals surface area contributed by atoms with Crippen molar-refractivity contribution in [3.63, 3.8) is 0 Å². The number of carbonyl (C=O) groups is 2. The van der Waals surface area contributed by atoms with Crippen molar-refractivity contribution in [2.75, 3.05) is 23.1 Å². The van der Waals surface area contributed by atoms with Crippen LogP contribution in [-0.2, 0) is 9.53 Å². The molecular weight excluding hydrogens is 268 g/mol. The third-order valence-corrected chi connectivity index (χ3v) is 2.82. The van der Waals surface area contributed by atoms with Crippen LogP contribution < -0.4 is 10.6 Å². The highest BCUT2D eigenvalue weighted by atomic mass is 35.5. The SMILES string of the molecule is CCOC(=O)Nc1ccc(NC(=O)C(C)CCl)cc1. The van der Waals surface area contributed by atoms with Crippen LogP contribution in [0.15, 0.2) is 24.3 Å². The van der Waals surface area contributed by atoms with Gasteiger partial charge in [0.1, 0.15) is 0 Å². The molecule has 1 unspecified atom stereocenters. The molecule has 0 radical (unpaired) electrons. The first kappa shape index (κ1) is 15.3. The largest absolute Gasteiger partial charge is 0.450 e. The van der Waals surface area contributed by atoms with Gasteiger partial charge >= 0.3 is 6.09 Å². The van der Waals surface area contributed by atoms with Gasteiger partial charge in [-0.25, -0.2) is 4.79 Å². The van der Waals surface area contributed by atoms with Crippen molar-refractivity contribution in [3.8, 4) is 0 Å². The van der Waals surface area contributed by atoms with Gasteiger partial charge in [-0.3, -0.25) is 10.1 Å². The summed E-state index contributed by atoms with van der Waals surface area (Å²) < 4.78 is 4.75. The smallest absolute Gasteiger partial charge is 0.411 e. The molecule has 2 N–H and O–H groups in total. The summed E-state index contributed by atoms with van der Waals surface area (Å²) in [6.45, 7) is 3.80. The molecule has 5 nitrogen and oxygen atoms in total. The second kappa shape index (κ2) is 7.63. The first-order valence-electron chi connectivity index (χ1n) is 5.97. The number of hydrogen-bond donors (Lipinski definition) is 2. The minimum absolute atomic E-state index is 0.138. The van der Waals surface area contributed by atoms with Crippen LogP contribution in [0.3, 0.4) is 0 Å². The second-order valence-corrected chi connectivity index (χ2v) is 4.28. The van der Waals surface area contributed by atoms with E-state index in [1.165, 1.54) is 0 Å². The topological polar surface area (TPSA) is 67.4 Å². The molecule has 0 spiro atoms. The van der Waals surface area contributed by atoms with E-state index in [9.17, 15) is 9.59 Å². The lowest BCUT2D eigenvalue weighted by molar-refractivity contribution is -0.118. The molecule has 0 saturated heterocycles. The number of carbonyl (C=O) groups excluding carboxylic acids is 2. The van der Waals surface area contributed by atoms with Crippen LogP contribution in [0.4, 0.5) is 16.2 Å². The van der Waals surface area contributed by atoms with Gasteiger partial charge in [-0.05, 0) is 31.2 Å². The van der Waals surface area contributed by atoms with Gasteiger partial charge in [-0.15, -0.1) is 11.6 Å². The van der Waals surface area contributed by atoms with Crippen molar-refractivity contribution >= 4 is 35.0 Å². The van der Waals surface area contributed by atoms with E-state index >= 15 is 0 Å². The summed E-state index contributed by atoms with van der Waals surface area (Å²) in [4.78, 5) is 22.8. The van der Waals surface area contributed by atoms with Crippen molar-refractivity contribution in [1.82, 2.24) is 0 Å². The van der Waals surface area contributed by atoms with Crippen LogP contribution in [0.2, 0.25) is 0 Å². The molecule has 0 aliphatic rings. The Morgan fingerprint density at radius 2 is 1.74 bits per heavy atom. The monoisotopic (exact) mass is 284 g/mol. The number of amides is 2. The highest BCUT2D eigenvalue weighted by Crippen LogP contribution is 2.15. The summed E-state index contributed by atoms with van der Waals surface area (Å²) >= 11 is 5.60. The predicted octanol–water partition coefficient (Wildman–Crippen LogP) is 3.07. The lowest BCUT2D eigenvalue weighted by Crippen LogP contribution is -2.21. The predicted molar refractivity (Wildman–Crippen MR) is 75.6 cm³/mol. The van der Waals surface area contributed by atoms with Gasteiger partial charge in [0, 0.05) is 23.2 Å². The Kier molecular flexibility index (Phi) is 6.15. The van der Waals surface area contributed by atoms with E-state index in [0.29, 0.717) is 18.0 Å². The molecule has 104 valence electrons. The summed E-state index contributed by atoms with van der Waals surface area (Å²) in [7, 11) is 0. The molecule has 0 fully saturated rings. The Balaban J connectivity index is 2.56. The average Bonchev–Trinajstić information content (AvgIpc) is 2.40. The summed E-state index contributed by atoms with van der Waals surface area (Å²) in [5.41, 5.74) is 1.25. The number of ether oxygens (including phenoxy) is 1. The number of nitrogens with one attached hydrogen (secondary N) is 2. The third-order valence-electron chi connectivity index (χ3n) is 2.35. The van der Waals surface area contributed by atoms with Crippen LogP contribution in [0.25, 0.3) is 0 Å². The summed E-state index contributed by atoms with van der Waals surface area (Å²) in [5.74, 6) is -0.117. The molecule has 0 heterocycles. The molecule has 0 aliphatic carbocycles. The van der Waals surface area contributed by atoms with E-state index in [4.69, 9.17) is 16.3 Å². The Labute approximate surface area is 117 Å².